The second-order valence-corrected chi connectivity index (χ2v) is 5.87. The molecule has 0 atom stereocenters. The second kappa shape index (κ2) is 12.8. The number of thiol groups is 1. The summed E-state index contributed by atoms with van der Waals surface area (Å²) in [6, 6.07) is 22.2. The third kappa shape index (κ3) is 8.73. The maximum Gasteiger partial charge on any atom is 0.142 e. The van der Waals surface area contributed by atoms with Crippen LogP contribution in [-0.4, -0.2) is 17.7 Å². The molecule has 0 aliphatic carbocycles. The fourth-order valence-electron chi connectivity index (χ4n) is 1.95. The average molecular weight is 394 g/mol. The Hall–Kier alpha value is -3.51. The van der Waals surface area contributed by atoms with Crippen LogP contribution in [0.4, 0.5) is 11.4 Å². The largest absolute Gasteiger partial charge is 0.508 e. The lowest BCUT2D eigenvalue weighted by atomic mass is 10.1. The Balaban J connectivity index is 0.000000238. The van der Waals surface area contributed by atoms with Gasteiger partial charge in [0, 0.05) is 16.3 Å². The van der Waals surface area contributed by atoms with Crippen molar-refractivity contribution in [3.8, 4) is 16.9 Å². The number of hydrogen-bond acceptors (Lipinski definition) is 6. The zero-order valence-corrected chi connectivity index (χ0v) is 16.0. The fourth-order valence-corrected chi connectivity index (χ4v) is 2.24. The summed E-state index contributed by atoms with van der Waals surface area (Å²) in [6.07, 6.45) is 3.36. The third-order valence-electron chi connectivity index (χ3n) is 3.29. The van der Waals surface area contributed by atoms with E-state index < -0.39 is 0 Å². The number of nitrogens with two attached hydrogens (primary N) is 2. The maximum atomic E-state index is 9.32. The molecule has 5 nitrogen and oxygen atoms in total. The lowest BCUT2D eigenvalue weighted by Crippen LogP contribution is -1.84. The predicted molar refractivity (Wildman–Crippen MR) is 117 cm³/mol. The first kappa shape index (κ1) is 22.5. The molecule has 0 amide bonds. The smallest absolute Gasteiger partial charge is 0.142 e. The van der Waals surface area contributed by atoms with E-state index in [0.717, 1.165) is 33.9 Å². The highest BCUT2D eigenvalue weighted by molar-refractivity contribution is 7.80. The standard InChI is InChI=1S/C12H11NS.C6H7NO.C4H4O2/c13-10-7-5-9(6-8-10)11-3-1-2-4-12(11)14;7-5-1-3-6(8)4-2-5;5-3-1-2-4-6/h1-8,14H,13H2;1-4,8H,7H2;1-4H/b;;2-1-. The molecule has 6 heteroatoms. The normalized spacial score (nSPS) is 9.46. The van der Waals surface area contributed by atoms with Crippen LogP contribution in [0.5, 0.6) is 5.75 Å². The lowest BCUT2D eigenvalue weighted by Gasteiger charge is -2.04. The van der Waals surface area contributed by atoms with Gasteiger partial charge in [0.15, 0.2) is 0 Å². The van der Waals surface area contributed by atoms with Crippen molar-refractivity contribution in [3.63, 3.8) is 0 Å². The van der Waals surface area contributed by atoms with Crippen LogP contribution in [0.3, 0.4) is 0 Å². The molecular formula is C22H22N2O3S. The molecule has 28 heavy (non-hydrogen) atoms. The first-order valence-electron chi connectivity index (χ1n) is 8.22. The van der Waals surface area contributed by atoms with Gasteiger partial charge in [-0.15, -0.1) is 12.6 Å². The molecule has 0 aliphatic rings. The minimum atomic E-state index is 0.249. The van der Waals surface area contributed by atoms with Gasteiger partial charge in [0.1, 0.15) is 18.3 Å². The molecule has 0 saturated carbocycles. The number of rotatable bonds is 3. The number of phenols is 1. The van der Waals surface area contributed by atoms with Gasteiger partial charge in [-0.05, 0) is 65.7 Å². The topological polar surface area (TPSA) is 106 Å². The highest BCUT2D eigenvalue weighted by Gasteiger charge is 1.99. The number of aldehydes is 2. The van der Waals surface area contributed by atoms with Gasteiger partial charge in [0.25, 0.3) is 0 Å². The number of carbonyl (C=O) groups excluding carboxylic acids is 2. The van der Waals surface area contributed by atoms with Crippen LogP contribution < -0.4 is 11.5 Å². The first-order valence-corrected chi connectivity index (χ1v) is 8.66. The number of benzene rings is 3. The van der Waals surface area contributed by atoms with Crippen molar-refractivity contribution in [1.29, 1.82) is 0 Å². The molecule has 0 aliphatic heterocycles. The second-order valence-electron chi connectivity index (χ2n) is 5.39. The quantitative estimate of drug-likeness (QED) is 0.176. The van der Waals surface area contributed by atoms with Gasteiger partial charge >= 0.3 is 0 Å². The molecule has 3 aromatic carbocycles. The van der Waals surface area contributed by atoms with Gasteiger partial charge in [0.2, 0.25) is 0 Å². The van der Waals surface area contributed by atoms with E-state index in [1.54, 1.807) is 24.3 Å². The van der Waals surface area contributed by atoms with Crippen molar-refractivity contribution in [3.05, 3.63) is 84.9 Å². The van der Waals surface area contributed by atoms with E-state index in [0.29, 0.717) is 18.3 Å². The number of hydrogen-bond donors (Lipinski definition) is 4. The van der Waals surface area contributed by atoms with Gasteiger partial charge in [-0.2, -0.15) is 0 Å². The summed E-state index contributed by atoms with van der Waals surface area (Å²) < 4.78 is 0. The minimum Gasteiger partial charge on any atom is -0.508 e. The van der Waals surface area contributed by atoms with E-state index in [9.17, 15) is 9.59 Å². The fraction of sp³-hybridized carbons (Fsp3) is 0. The molecule has 0 bridgehead atoms. The zero-order chi connectivity index (χ0) is 20.8. The van der Waals surface area contributed by atoms with E-state index in [4.69, 9.17) is 16.6 Å². The van der Waals surface area contributed by atoms with Crippen molar-refractivity contribution in [1.82, 2.24) is 0 Å². The van der Waals surface area contributed by atoms with Gasteiger partial charge in [0.05, 0.1) is 0 Å². The molecule has 0 radical (unpaired) electrons. The summed E-state index contributed by atoms with van der Waals surface area (Å²) in [6.45, 7) is 0. The first-order chi connectivity index (χ1) is 13.5. The van der Waals surface area contributed by atoms with Crippen LogP contribution in [0.2, 0.25) is 0 Å². The molecule has 0 heterocycles. The van der Waals surface area contributed by atoms with E-state index in [1.807, 2.05) is 48.5 Å². The Morgan fingerprint density at radius 2 is 1.18 bits per heavy atom. The maximum absolute atomic E-state index is 9.32. The molecule has 0 unspecified atom stereocenters. The highest BCUT2D eigenvalue weighted by Crippen LogP contribution is 2.26. The molecule has 0 spiro atoms. The molecular weight excluding hydrogens is 372 g/mol. The summed E-state index contributed by atoms with van der Waals surface area (Å²) in [5, 5.41) is 8.70. The summed E-state index contributed by atoms with van der Waals surface area (Å²) in [4.78, 5) is 19.6. The number of nitrogen functional groups attached to an aromatic ring is 2. The Morgan fingerprint density at radius 3 is 1.61 bits per heavy atom. The van der Waals surface area contributed by atoms with E-state index >= 15 is 0 Å². The zero-order valence-electron chi connectivity index (χ0n) is 15.1. The number of anilines is 2. The SMILES string of the molecule is Nc1ccc(-c2ccccc2S)cc1.Nc1ccc(O)cc1.O=C/C=C\C=O. The van der Waals surface area contributed by atoms with Gasteiger partial charge in [-0.25, -0.2) is 0 Å². The minimum absolute atomic E-state index is 0.249. The lowest BCUT2D eigenvalue weighted by molar-refractivity contribution is -0.106. The van der Waals surface area contributed by atoms with Crippen molar-refractivity contribution in [2.45, 2.75) is 4.90 Å². The molecule has 5 N–H and O–H groups in total. The Morgan fingerprint density at radius 1 is 0.714 bits per heavy atom. The summed E-state index contributed by atoms with van der Waals surface area (Å²) in [5.41, 5.74) is 14.7. The van der Waals surface area contributed by atoms with Crippen LogP contribution in [0.25, 0.3) is 11.1 Å². The van der Waals surface area contributed by atoms with Crippen molar-refractivity contribution < 1.29 is 14.7 Å². The average Bonchev–Trinajstić information content (AvgIpc) is 2.71. The van der Waals surface area contributed by atoms with Crippen LogP contribution in [0.15, 0.2) is 89.8 Å². The van der Waals surface area contributed by atoms with Crippen LogP contribution >= 0.6 is 12.6 Å². The van der Waals surface area contributed by atoms with Crippen LogP contribution in [0, 0.1) is 0 Å². The summed E-state index contributed by atoms with van der Waals surface area (Å²) in [7, 11) is 0. The van der Waals surface area contributed by atoms with Crippen molar-refractivity contribution >= 4 is 36.6 Å². The van der Waals surface area contributed by atoms with E-state index in [1.165, 1.54) is 0 Å². The van der Waals surface area contributed by atoms with E-state index in [2.05, 4.69) is 12.6 Å². The third-order valence-corrected chi connectivity index (χ3v) is 3.68. The molecule has 3 rings (SSSR count). The monoisotopic (exact) mass is 394 g/mol. The summed E-state index contributed by atoms with van der Waals surface area (Å²) >= 11 is 4.40. The number of carbonyl (C=O) groups is 2. The summed E-state index contributed by atoms with van der Waals surface area (Å²) in [5.74, 6) is 0.249. The Kier molecular flexibility index (Phi) is 10.3. The van der Waals surface area contributed by atoms with Crippen molar-refractivity contribution in [2.24, 2.45) is 0 Å². The number of aromatic hydroxyl groups is 1. The molecule has 144 valence electrons. The molecule has 0 fully saturated rings. The highest BCUT2D eigenvalue weighted by atomic mass is 32.1. The van der Waals surface area contributed by atoms with Gasteiger partial charge in [-0.3, -0.25) is 9.59 Å². The molecule has 0 aromatic heterocycles. The van der Waals surface area contributed by atoms with Gasteiger partial charge in [-0.1, -0.05) is 30.3 Å². The van der Waals surface area contributed by atoms with Crippen molar-refractivity contribution in [2.75, 3.05) is 11.5 Å². The molecule has 0 saturated heterocycles. The molecule has 3 aromatic rings. The van der Waals surface area contributed by atoms with Crippen LogP contribution in [-0.2, 0) is 9.59 Å². The number of allylic oxidation sites excluding steroid dienone is 2. The predicted octanol–water partition coefficient (Wildman–Crippen LogP) is 4.14. The Bertz CT molecular complexity index is 861. The number of phenolic OH excluding ortho intramolecular Hbond substituents is 1. The van der Waals surface area contributed by atoms with Gasteiger partial charge < -0.3 is 16.6 Å². The van der Waals surface area contributed by atoms with Crippen LogP contribution in [0.1, 0.15) is 0 Å². The Labute approximate surface area is 169 Å². The van der Waals surface area contributed by atoms with E-state index in [-0.39, 0.29) is 5.75 Å².